The number of carbonyl (C=O) groups is 2. The summed E-state index contributed by atoms with van der Waals surface area (Å²) in [5.41, 5.74) is 1.23. The number of nitrogens with one attached hydrogen (secondary N) is 1. The molecule has 2 aromatic carbocycles. The van der Waals surface area contributed by atoms with Crippen molar-refractivity contribution in [3.63, 3.8) is 0 Å². The van der Waals surface area contributed by atoms with Gasteiger partial charge in [0.05, 0.1) is 11.5 Å². The normalized spacial score (nSPS) is 14.5. The quantitative estimate of drug-likeness (QED) is 0.271. The number of hydrogen-bond donors (Lipinski definition) is 1. The predicted molar refractivity (Wildman–Crippen MR) is 111 cm³/mol. The number of halogens is 1. The van der Waals surface area contributed by atoms with E-state index in [4.69, 9.17) is 4.74 Å². The van der Waals surface area contributed by atoms with Gasteiger partial charge < -0.3 is 10.1 Å². The highest BCUT2D eigenvalue weighted by molar-refractivity contribution is 6.13. The van der Waals surface area contributed by atoms with Crippen LogP contribution in [-0.2, 0) is 11.3 Å². The Kier molecular flexibility index (Phi) is 5.58. The minimum Gasteiger partial charge on any atom is -0.439 e. The molecule has 0 aliphatic carbocycles. The number of hydrogen-bond acceptors (Lipinski definition) is 6. The third kappa shape index (κ3) is 4.59. The molecule has 1 aromatic heterocycles. The molecule has 0 unspecified atom stereocenters. The average Bonchev–Trinajstić information content (AvgIpc) is 3.04. The second-order valence-corrected chi connectivity index (χ2v) is 6.79. The molecule has 1 fully saturated rings. The van der Waals surface area contributed by atoms with Gasteiger partial charge >= 0.3 is 6.03 Å². The van der Waals surface area contributed by atoms with E-state index in [0.717, 1.165) is 11.1 Å². The monoisotopic (exact) mass is 434 g/mol. The van der Waals surface area contributed by atoms with Crippen LogP contribution in [0.5, 0.6) is 11.6 Å². The lowest BCUT2D eigenvalue weighted by molar-refractivity contribution is -0.385. The maximum atomic E-state index is 13.0. The highest BCUT2D eigenvalue weighted by Gasteiger charge is 2.33. The number of pyridine rings is 1. The van der Waals surface area contributed by atoms with Gasteiger partial charge in [-0.2, -0.15) is 0 Å². The zero-order chi connectivity index (χ0) is 22.7. The van der Waals surface area contributed by atoms with Crippen molar-refractivity contribution in [2.24, 2.45) is 0 Å². The first-order chi connectivity index (χ1) is 15.4. The number of rotatable bonds is 6. The number of benzene rings is 2. The molecular formula is C22H15FN4O5. The fraction of sp³-hybridized carbons (Fsp3) is 0.0455. The number of amides is 3. The van der Waals surface area contributed by atoms with E-state index in [2.05, 4.69) is 10.3 Å². The Morgan fingerprint density at radius 3 is 2.41 bits per heavy atom. The van der Waals surface area contributed by atoms with Gasteiger partial charge in [0.25, 0.3) is 11.6 Å². The molecule has 0 atom stereocenters. The van der Waals surface area contributed by atoms with Crippen molar-refractivity contribution in [1.82, 2.24) is 15.2 Å². The zero-order valence-corrected chi connectivity index (χ0v) is 16.4. The Labute approximate surface area is 180 Å². The van der Waals surface area contributed by atoms with Gasteiger partial charge in [0.1, 0.15) is 23.5 Å². The summed E-state index contributed by atoms with van der Waals surface area (Å²) in [4.78, 5) is 39.8. The van der Waals surface area contributed by atoms with Gasteiger partial charge in [0.15, 0.2) is 0 Å². The van der Waals surface area contributed by atoms with Crippen molar-refractivity contribution < 1.29 is 23.6 Å². The van der Waals surface area contributed by atoms with E-state index >= 15 is 0 Å². The molecule has 1 saturated heterocycles. The third-order valence-electron chi connectivity index (χ3n) is 4.56. The van der Waals surface area contributed by atoms with Crippen molar-refractivity contribution in [3.8, 4) is 11.6 Å². The molecule has 10 heteroatoms. The van der Waals surface area contributed by atoms with Crippen molar-refractivity contribution in [2.45, 2.75) is 6.54 Å². The first-order valence-corrected chi connectivity index (χ1v) is 9.36. The summed E-state index contributed by atoms with van der Waals surface area (Å²) in [5, 5.41) is 13.2. The fourth-order valence-corrected chi connectivity index (χ4v) is 2.95. The molecule has 4 rings (SSSR count). The SMILES string of the molecule is O=C1N/C(=C\c2ccc(Oc3ccc([N+](=O)[O-])cn3)cc2)C(=O)N1Cc1ccc(F)cc1. The molecule has 1 N–H and O–H groups in total. The Morgan fingerprint density at radius 1 is 1.06 bits per heavy atom. The minimum absolute atomic E-state index is 0.0251. The molecule has 1 aliphatic rings. The Balaban J connectivity index is 1.43. The smallest absolute Gasteiger partial charge is 0.329 e. The molecule has 2 heterocycles. The van der Waals surface area contributed by atoms with Crippen LogP contribution in [0, 0.1) is 15.9 Å². The molecule has 32 heavy (non-hydrogen) atoms. The van der Waals surface area contributed by atoms with Crippen LogP contribution >= 0.6 is 0 Å². The van der Waals surface area contributed by atoms with Crippen molar-refractivity contribution in [3.05, 3.63) is 99.6 Å². The summed E-state index contributed by atoms with van der Waals surface area (Å²) in [7, 11) is 0. The number of ether oxygens (including phenoxy) is 1. The van der Waals surface area contributed by atoms with Gasteiger partial charge in [-0.1, -0.05) is 24.3 Å². The number of carbonyl (C=O) groups excluding carboxylic acids is 2. The van der Waals surface area contributed by atoms with Crippen LogP contribution in [0.1, 0.15) is 11.1 Å². The maximum absolute atomic E-state index is 13.0. The summed E-state index contributed by atoms with van der Waals surface area (Å²) < 4.78 is 18.6. The first kappa shape index (κ1) is 20.7. The van der Waals surface area contributed by atoms with Crippen LogP contribution in [0.4, 0.5) is 14.9 Å². The van der Waals surface area contributed by atoms with Gasteiger partial charge in [-0.15, -0.1) is 0 Å². The lowest BCUT2D eigenvalue weighted by Gasteiger charge is -2.11. The molecule has 3 amide bonds. The van der Waals surface area contributed by atoms with E-state index < -0.39 is 22.7 Å². The molecule has 0 saturated carbocycles. The number of aromatic nitrogens is 1. The predicted octanol–water partition coefficient (Wildman–Crippen LogP) is 4.01. The number of nitrogens with zero attached hydrogens (tertiary/aromatic N) is 3. The van der Waals surface area contributed by atoms with Crippen LogP contribution in [-0.4, -0.2) is 26.7 Å². The van der Waals surface area contributed by atoms with Gasteiger partial charge in [-0.3, -0.25) is 19.8 Å². The van der Waals surface area contributed by atoms with Gasteiger partial charge in [0, 0.05) is 12.1 Å². The molecule has 0 bridgehead atoms. The van der Waals surface area contributed by atoms with Crippen molar-refractivity contribution >= 4 is 23.7 Å². The second kappa shape index (κ2) is 8.64. The Hall–Kier alpha value is -4.60. The summed E-state index contributed by atoms with van der Waals surface area (Å²) in [6.45, 7) is 0.0251. The summed E-state index contributed by atoms with van der Waals surface area (Å²) in [6.07, 6.45) is 2.62. The van der Waals surface area contributed by atoms with E-state index in [1.165, 1.54) is 42.5 Å². The van der Waals surface area contributed by atoms with E-state index in [-0.39, 0.29) is 23.8 Å². The second-order valence-electron chi connectivity index (χ2n) is 6.79. The average molecular weight is 434 g/mol. The lowest BCUT2D eigenvalue weighted by atomic mass is 10.1. The zero-order valence-electron chi connectivity index (χ0n) is 16.4. The standard InChI is InChI=1S/C22H15FN4O5/c23-16-5-1-15(2-6-16)13-26-21(28)19(25-22(26)29)11-14-3-8-18(9-4-14)32-20-10-7-17(12-24-20)27(30)31/h1-12H,13H2,(H,25,29)/b19-11-. The topological polar surface area (TPSA) is 115 Å². The van der Waals surface area contributed by atoms with Crippen LogP contribution in [0.15, 0.2) is 72.6 Å². The Morgan fingerprint density at radius 2 is 1.78 bits per heavy atom. The third-order valence-corrected chi connectivity index (χ3v) is 4.56. The van der Waals surface area contributed by atoms with E-state index in [9.17, 15) is 24.1 Å². The molecule has 9 nitrogen and oxygen atoms in total. The molecule has 0 spiro atoms. The molecule has 1 aliphatic heterocycles. The molecule has 160 valence electrons. The van der Waals surface area contributed by atoms with E-state index in [1.54, 1.807) is 24.3 Å². The van der Waals surface area contributed by atoms with Gasteiger partial charge in [-0.05, 0) is 41.5 Å². The largest absolute Gasteiger partial charge is 0.439 e. The summed E-state index contributed by atoms with van der Waals surface area (Å²) in [6, 6.07) is 14.3. The number of urea groups is 1. The van der Waals surface area contributed by atoms with Gasteiger partial charge in [0.2, 0.25) is 5.88 Å². The maximum Gasteiger partial charge on any atom is 0.329 e. The number of imide groups is 1. The van der Waals surface area contributed by atoms with Crippen LogP contribution in [0.25, 0.3) is 6.08 Å². The van der Waals surface area contributed by atoms with Crippen LogP contribution < -0.4 is 10.1 Å². The van der Waals surface area contributed by atoms with Crippen LogP contribution in [0.2, 0.25) is 0 Å². The fourth-order valence-electron chi connectivity index (χ4n) is 2.95. The minimum atomic E-state index is -0.560. The highest BCUT2D eigenvalue weighted by Crippen LogP contribution is 2.23. The van der Waals surface area contributed by atoms with Crippen molar-refractivity contribution in [1.29, 1.82) is 0 Å². The number of nitro groups is 1. The summed E-state index contributed by atoms with van der Waals surface area (Å²) in [5.74, 6) is -0.261. The van der Waals surface area contributed by atoms with Crippen LogP contribution in [0.3, 0.4) is 0 Å². The Bertz CT molecular complexity index is 1210. The first-order valence-electron chi connectivity index (χ1n) is 9.36. The van der Waals surface area contributed by atoms with E-state index in [0.29, 0.717) is 16.9 Å². The van der Waals surface area contributed by atoms with Crippen molar-refractivity contribution in [2.75, 3.05) is 0 Å². The summed E-state index contributed by atoms with van der Waals surface area (Å²) >= 11 is 0. The van der Waals surface area contributed by atoms with Gasteiger partial charge in [-0.25, -0.2) is 14.2 Å². The molecule has 0 radical (unpaired) electrons. The van der Waals surface area contributed by atoms with E-state index in [1.807, 2.05) is 0 Å². The highest BCUT2D eigenvalue weighted by atomic mass is 19.1. The molecule has 3 aromatic rings. The lowest BCUT2D eigenvalue weighted by Crippen LogP contribution is -2.30. The molecular weight excluding hydrogens is 419 g/mol.